The van der Waals surface area contributed by atoms with E-state index < -0.39 is 40.8 Å². The molecule has 0 bridgehead atoms. The van der Waals surface area contributed by atoms with Crippen molar-refractivity contribution in [3.63, 3.8) is 0 Å². The molecule has 4 N–H and O–H groups in total. The maximum Gasteiger partial charge on any atom is 0.434 e. The molecule has 3 aromatic heterocycles. The van der Waals surface area contributed by atoms with Crippen molar-refractivity contribution in [3.05, 3.63) is 89.5 Å². The first-order valence-electron chi connectivity index (χ1n) is 11.8. The number of alkyl halides is 3. The van der Waals surface area contributed by atoms with Gasteiger partial charge in [0.2, 0.25) is 0 Å². The number of hydrogen-bond acceptors (Lipinski definition) is 7. The number of nitrogens with two attached hydrogens (primary N) is 1. The van der Waals surface area contributed by atoms with E-state index in [2.05, 4.69) is 25.7 Å². The van der Waals surface area contributed by atoms with Crippen LogP contribution in [-0.4, -0.2) is 38.7 Å². The van der Waals surface area contributed by atoms with E-state index >= 15 is 4.39 Å². The third-order valence-corrected chi connectivity index (χ3v) is 5.96. The van der Waals surface area contributed by atoms with Crippen molar-refractivity contribution in [1.82, 2.24) is 25.1 Å². The van der Waals surface area contributed by atoms with E-state index in [1.54, 1.807) is 0 Å². The van der Waals surface area contributed by atoms with E-state index in [9.17, 15) is 22.4 Å². The molecule has 4 aromatic rings. The van der Waals surface area contributed by atoms with Crippen LogP contribution in [-0.2, 0) is 6.18 Å². The molecule has 0 radical (unpaired) electrons. The van der Waals surface area contributed by atoms with Gasteiger partial charge in [0, 0.05) is 30.7 Å². The maximum absolute atomic E-state index is 15.0. The lowest BCUT2D eigenvalue weighted by atomic mass is 10.00. The molecule has 0 saturated carbocycles. The lowest BCUT2D eigenvalue weighted by molar-refractivity contribution is -0.143. The Hall–Kier alpha value is -4.85. The highest BCUT2D eigenvalue weighted by Crippen LogP contribution is 2.37. The third-order valence-electron chi connectivity index (χ3n) is 5.96. The van der Waals surface area contributed by atoms with Crippen molar-refractivity contribution >= 4 is 23.0 Å². The van der Waals surface area contributed by atoms with Crippen LogP contribution in [0.2, 0.25) is 0 Å². The van der Waals surface area contributed by atoms with E-state index in [0.29, 0.717) is 31.3 Å². The Kier molecular flexibility index (Phi) is 7.17. The first-order chi connectivity index (χ1) is 19.1. The van der Waals surface area contributed by atoms with E-state index in [1.807, 2.05) is 6.08 Å². The van der Waals surface area contributed by atoms with Gasteiger partial charge in [0.05, 0.1) is 17.3 Å². The minimum absolute atomic E-state index is 0.157. The van der Waals surface area contributed by atoms with Crippen LogP contribution in [0, 0.1) is 11.6 Å². The highest BCUT2D eigenvalue weighted by atomic mass is 19.4. The van der Waals surface area contributed by atoms with Gasteiger partial charge in [-0.15, -0.1) is 0 Å². The molecule has 9 nitrogen and oxygen atoms in total. The first-order valence-corrected chi connectivity index (χ1v) is 11.8. The summed E-state index contributed by atoms with van der Waals surface area (Å²) in [6.07, 6.45) is 0.618. The van der Waals surface area contributed by atoms with Gasteiger partial charge in [-0.3, -0.25) is 4.79 Å². The topological polar surface area (TPSA) is 120 Å². The number of halogens is 5. The second-order valence-corrected chi connectivity index (χ2v) is 8.58. The van der Waals surface area contributed by atoms with Crippen LogP contribution < -0.4 is 21.1 Å². The van der Waals surface area contributed by atoms with Gasteiger partial charge in [0.15, 0.2) is 28.9 Å². The number of carbonyl (C=O) groups is 1. The summed E-state index contributed by atoms with van der Waals surface area (Å²) in [5.74, 6) is -3.70. The zero-order chi connectivity index (χ0) is 28.4. The number of pyridine rings is 2. The van der Waals surface area contributed by atoms with Crippen LogP contribution in [0.25, 0.3) is 11.4 Å². The number of nitrogens with zero attached hydrogens (tertiary/aromatic N) is 4. The SMILES string of the molecule is Nc1nccc(Oc2ccc(NC(=O)c3cnn(-c4ncccc4F)c3C(F)(F)F)cc2F)c1C1=CCNCC1. The summed E-state index contributed by atoms with van der Waals surface area (Å²) >= 11 is 0. The smallest absolute Gasteiger partial charge is 0.434 e. The Labute approximate surface area is 223 Å². The third kappa shape index (κ3) is 5.33. The lowest BCUT2D eigenvalue weighted by Gasteiger charge is -2.19. The van der Waals surface area contributed by atoms with Gasteiger partial charge in [0.1, 0.15) is 11.6 Å². The van der Waals surface area contributed by atoms with E-state index in [-0.39, 0.29) is 27.7 Å². The van der Waals surface area contributed by atoms with Crippen LogP contribution >= 0.6 is 0 Å². The van der Waals surface area contributed by atoms with Crippen molar-refractivity contribution < 1.29 is 31.5 Å². The molecular formula is C26H20F5N7O2. The molecule has 0 spiro atoms. The second kappa shape index (κ2) is 10.7. The molecule has 1 aliphatic rings. The standard InChI is InChI=1S/C26H20F5N7O2/c27-17-2-1-8-35-24(17)38-22(26(29,30)31)16(13-36-38)25(39)37-15-3-4-19(18(28)12-15)40-20-7-11-34-23(32)21(20)14-5-9-33-10-6-14/h1-5,7-8,11-13,33H,6,9-10H2,(H2,32,34)(H,37,39). The number of ether oxygens (including phenoxy) is 1. The summed E-state index contributed by atoms with van der Waals surface area (Å²) in [5, 5.41) is 8.91. The molecule has 206 valence electrons. The van der Waals surface area contributed by atoms with Crippen LogP contribution in [0.1, 0.15) is 28.0 Å². The molecule has 1 aliphatic heterocycles. The quantitative estimate of drug-likeness (QED) is 0.287. The Morgan fingerprint density at radius 2 is 1.90 bits per heavy atom. The van der Waals surface area contributed by atoms with Gasteiger partial charge in [-0.2, -0.15) is 18.3 Å². The van der Waals surface area contributed by atoms with E-state index in [1.165, 1.54) is 30.5 Å². The number of amides is 1. The van der Waals surface area contributed by atoms with Crippen LogP contribution in [0.15, 0.2) is 61.1 Å². The van der Waals surface area contributed by atoms with E-state index in [0.717, 1.165) is 23.9 Å². The Morgan fingerprint density at radius 3 is 2.60 bits per heavy atom. The van der Waals surface area contributed by atoms with Crippen molar-refractivity contribution in [2.75, 3.05) is 24.1 Å². The number of carbonyl (C=O) groups excluding carboxylic acids is 1. The number of anilines is 2. The number of aromatic nitrogens is 4. The van der Waals surface area contributed by atoms with Crippen LogP contribution in [0.3, 0.4) is 0 Å². The van der Waals surface area contributed by atoms with Gasteiger partial charge in [-0.05, 0) is 48.9 Å². The summed E-state index contributed by atoms with van der Waals surface area (Å²) < 4.78 is 76.8. The normalized spacial score (nSPS) is 13.6. The van der Waals surface area contributed by atoms with Crippen LogP contribution in [0.5, 0.6) is 11.5 Å². The summed E-state index contributed by atoms with van der Waals surface area (Å²) in [6, 6.07) is 6.98. The molecule has 0 aliphatic carbocycles. The zero-order valence-electron chi connectivity index (χ0n) is 20.5. The Morgan fingerprint density at radius 1 is 1.07 bits per heavy atom. The Balaban J connectivity index is 1.40. The summed E-state index contributed by atoms with van der Waals surface area (Å²) in [4.78, 5) is 20.5. The van der Waals surface area contributed by atoms with Crippen molar-refractivity contribution in [3.8, 4) is 17.3 Å². The second-order valence-electron chi connectivity index (χ2n) is 8.58. The molecule has 0 fully saturated rings. The van der Waals surface area contributed by atoms with Gasteiger partial charge >= 0.3 is 6.18 Å². The molecule has 0 saturated heterocycles. The van der Waals surface area contributed by atoms with Crippen molar-refractivity contribution in [2.45, 2.75) is 12.6 Å². The number of nitrogen functional groups attached to an aromatic ring is 1. The average molecular weight is 557 g/mol. The van der Waals surface area contributed by atoms with E-state index in [4.69, 9.17) is 10.5 Å². The number of rotatable bonds is 6. The zero-order valence-corrected chi connectivity index (χ0v) is 20.5. The van der Waals surface area contributed by atoms with Gasteiger partial charge in [-0.25, -0.2) is 23.4 Å². The van der Waals surface area contributed by atoms with Crippen molar-refractivity contribution in [2.24, 2.45) is 0 Å². The highest BCUT2D eigenvalue weighted by Gasteiger charge is 2.41. The molecular weight excluding hydrogens is 537 g/mol. The highest BCUT2D eigenvalue weighted by molar-refractivity contribution is 6.05. The molecule has 0 atom stereocenters. The summed E-state index contributed by atoms with van der Waals surface area (Å²) in [7, 11) is 0. The fraction of sp³-hybridized carbons (Fsp3) is 0.154. The van der Waals surface area contributed by atoms with Crippen LogP contribution in [0.4, 0.5) is 33.5 Å². The van der Waals surface area contributed by atoms with Gasteiger partial charge < -0.3 is 21.1 Å². The minimum atomic E-state index is -5.09. The predicted molar refractivity (Wildman–Crippen MR) is 135 cm³/mol. The molecule has 14 heteroatoms. The monoisotopic (exact) mass is 557 g/mol. The molecule has 5 rings (SSSR count). The predicted octanol–water partition coefficient (Wildman–Crippen LogP) is 4.96. The Bertz CT molecular complexity index is 1620. The largest absolute Gasteiger partial charge is 0.453 e. The van der Waals surface area contributed by atoms with Gasteiger partial charge in [-0.1, -0.05) is 6.08 Å². The molecule has 1 amide bonds. The number of nitrogens with one attached hydrogen (secondary N) is 2. The lowest BCUT2D eigenvalue weighted by Crippen LogP contribution is -2.21. The van der Waals surface area contributed by atoms with Gasteiger partial charge in [0.25, 0.3) is 5.91 Å². The molecule has 1 aromatic carbocycles. The molecule has 0 unspecified atom stereocenters. The average Bonchev–Trinajstić information content (AvgIpc) is 3.37. The summed E-state index contributed by atoms with van der Waals surface area (Å²) in [6.45, 7) is 1.34. The van der Waals surface area contributed by atoms with Crippen molar-refractivity contribution in [1.29, 1.82) is 0 Å². The minimum Gasteiger partial charge on any atom is -0.453 e. The maximum atomic E-state index is 15.0. The fourth-order valence-corrected chi connectivity index (χ4v) is 4.18. The first kappa shape index (κ1) is 26.7. The molecule has 4 heterocycles. The number of benzene rings is 1. The number of hydrogen-bond donors (Lipinski definition) is 3. The molecule has 40 heavy (non-hydrogen) atoms. The fourth-order valence-electron chi connectivity index (χ4n) is 4.18. The summed E-state index contributed by atoms with van der Waals surface area (Å²) in [5.41, 5.74) is 4.86.